The third-order valence-corrected chi connectivity index (χ3v) is 5.82. The molecular weight excluding hydrogens is 364 g/mol. The van der Waals surface area contributed by atoms with Crippen molar-refractivity contribution in [3.63, 3.8) is 0 Å². The lowest BCUT2D eigenvalue weighted by molar-refractivity contribution is 0.102. The van der Waals surface area contributed by atoms with Crippen molar-refractivity contribution in [3.05, 3.63) is 46.7 Å². The summed E-state index contributed by atoms with van der Waals surface area (Å²) in [4.78, 5) is 12.3. The molecule has 0 saturated carbocycles. The summed E-state index contributed by atoms with van der Waals surface area (Å²) < 4.78 is 30.5. The molecule has 0 aliphatic heterocycles. The highest BCUT2D eigenvalue weighted by Crippen LogP contribution is 2.22. The highest BCUT2D eigenvalue weighted by atomic mass is 32.2. The molecule has 0 aliphatic carbocycles. The van der Waals surface area contributed by atoms with Gasteiger partial charge in [-0.25, -0.2) is 12.7 Å². The predicted molar refractivity (Wildman–Crippen MR) is 92.9 cm³/mol. The zero-order valence-electron chi connectivity index (χ0n) is 13.3. The molecule has 0 bridgehead atoms. The van der Waals surface area contributed by atoms with E-state index in [1.807, 2.05) is 16.8 Å². The second kappa shape index (κ2) is 6.75. The van der Waals surface area contributed by atoms with Gasteiger partial charge in [-0.1, -0.05) is 5.10 Å². The van der Waals surface area contributed by atoms with E-state index in [0.717, 1.165) is 9.87 Å². The first kappa shape index (κ1) is 17.3. The van der Waals surface area contributed by atoms with Crippen LogP contribution in [0.25, 0.3) is 11.5 Å². The average Bonchev–Trinajstić information content (AvgIpc) is 3.26. The van der Waals surface area contributed by atoms with E-state index in [-0.39, 0.29) is 16.5 Å². The van der Waals surface area contributed by atoms with Crippen LogP contribution in [0.2, 0.25) is 0 Å². The first-order chi connectivity index (χ1) is 11.9. The van der Waals surface area contributed by atoms with Crippen molar-refractivity contribution >= 4 is 33.3 Å². The van der Waals surface area contributed by atoms with Gasteiger partial charge in [0.05, 0.1) is 4.90 Å². The van der Waals surface area contributed by atoms with Gasteiger partial charge in [0.25, 0.3) is 11.8 Å². The van der Waals surface area contributed by atoms with Gasteiger partial charge in [0.2, 0.25) is 10.0 Å². The Balaban J connectivity index is 1.74. The summed E-state index contributed by atoms with van der Waals surface area (Å²) in [5, 5.41) is 13.8. The Hall–Kier alpha value is -2.56. The summed E-state index contributed by atoms with van der Waals surface area (Å²) in [5.41, 5.74) is 1.05. The molecule has 8 nitrogen and oxygen atoms in total. The molecule has 3 rings (SSSR count). The van der Waals surface area contributed by atoms with Crippen molar-refractivity contribution in [1.82, 2.24) is 14.5 Å². The number of anilines is 1. The molecule has 10 heteroatoms. The van der Waals surface area contributed by atoms with Crippen molar-refractivity contribution < 1.29 is 17.6 Å². The van der Waals surface area contributed by atoms with Gasteiger partial charge in [0, 0.05) is 30.6 Å². The monoisotopic (exact) mass is 378 g/mol. The molecule has 0 spiro atoms. The number of carbonyl (C=O) groups excluding carboxylic acids is 1. The van der Waals surface area contributed by atoms with Crippen LogP contribution in [0.5, 0.6) is 0 Å². The first-order valence-electron chi connectivity index (χ1n) is 7.08. The fourth-order valence-corrected chi connectivity index (χ4v) is 3.47. The minimum absolute atomic E-state index is 0.0313. The molecule has 130 valence electrons. The van der Waals surface area contributed by atoms with Crippen molar-refractivity contribution in [2.75, 3.05) is 19.4 Å². The summed E-state index contributed by atoms with van der Waals surface area (Å²) in [6.45, 7) is 0. The first-order valence-corrected chi connectivity index (χ1v) is 9.46. The van der Waals surface area contributed by atoms with E-state index < -0.39 is 15.9 Å². The van der Waals surface area contributed by atoms with Gasteiger partial charge in [-0.15, -0.1) is 5.10 Å². The van der Waals surface area contributed by atoms with Gasteiger partial charge < -0.3 is 4.42 Å². The van der Waals surface area contributed by atoms with E-state index in [4.69, 9.17) is 4.42 Å². The summed E-state index contributed by atoms with van der Waals surface area (Å²) in [6.07, 6.45) is 0. The normalized spacial score (nSPS) is 11.6. The minimum atomic E-state index is -3.54. The molecular formula is C15H14N4O4S2. The number of nitrogens with zero attached hydrogens (tertiary/aromatic N) is 3. The lowest BCUT2D eigenvalue weighted by Gasteiger charge is -2.11. The number of carbonyl (C=O) groups is 1. The number of thiophene rings is 1. The van der Waals surface area contributed by atoms with Crippen LogP contribution in [-0.2, 0) is 10.0 Å². The summed E-state index contributed by atoms with van der Waals surface area (Å²) in [7, 11) is -0.656. The van der Waals surface area contributed by atoms with Crippen LogP contribution in [0.15, 0.2) is 50.4 Å². The van der Waals surface area contributed by atoms with Crippen molar-refractivity contribution in [1.29, 1.82) is 0 Å². The van der Waals surface area contributed by atoms with Crippen LogP contribution in [-0.4, -0.2) is 42.9 Å². The molecule has 0 aliphatic rings. The zero-order valence-corrected chi connectivity index (χ0v) is 15.0. The maximum absolute atomic E-state index is 12.2. The van der Waals surface area contributed by atoms with Crippen molar-refractivity contribution in [2.45, 2.75) is 4.90 Å². The Morgan fingerprint density at radius 1 is 1.16 bits per heavy atom. The van der Waals surface area contributed by atoms with Gasteiger partial charge in [0.15, 0.2) is 0 Å². The molecule has 0 unspecified atom stereocenters. The number of hydrogen-bond donors (Lipinski definition) is 1. The minimum Gasteiger partial charge on any atom is -0.403 e. The Morgan fingerprint density at radius 2 is 1.88 bits per heavy atom. The van der Waals surface area contributed by atoms with Crippen LogP contribution < -0.4 is 5.32 Å². The molecule has 2 heterocycles. The van der Waals surface area contributed by atoms with E-state index in [1.54, 1.807) is 0 Å². The zero-order chi connectivity index (χ0) is 18.0. The van der Waals surface area contributed by atoms with E-state index >= 15 is 0 Å². The maximum Gasteiger partial charge on any atom is 0.322 e. The SMILES string of the molecule is CN(C)S(=O)(=O)c1ccc(C(=O)Nc2nnc(-c3ccsc3)o2)cc1. The van der Waals surface area contributed by atoms with Crippen LogP contribution in [0, 0.1) is 0 Å². The molecule has 0 fully saturated rings. The van der Waals surface area contributed by atoms with Crippen LogP contribution in [0.3, 0.4) is 0 Å². The Kier molecular flexibility index (Phi) is 4.66. The highest BCUT2D eigenvalue weighted by Gasteiger charge is 2.18. The fraction of sp³-hybridized carbons (Fsp3) is 0.133. The molecule has 0 saturated heterocycles. The third kappa shape index (κ3) is 3.60. The number of benzene rings is 1. The second-order valence-corrected chi connectivity index (χ2v) is 8.12. The van der Waals surface area contributed by atoms with Gasteiger partial charge in [-0.2, -0.15) is 11.3 Å². The van der Waals surface area contributed by atoms with E-state index in [1.165, 1.54) is 49.7 Å². The topological polar surface area (TPSA) is 105 Å². The third-order valence-electron chi connectivity index (χ3n) is 3.31. The summed E-state index contributed by atoms with van der Waals surface area (Å²) in [6, 6.07) is 7.37. The number of hydrogen-bond acceptors (Lipinski definition) is 7. The molecule has 25 heavy (non-hydrogen) atoms. The Morgan fingerprint density at radius 3 is 2.48 bits per heavy atom. The van der Waals surface area contributed by atoms with Crippen molar-refractivity contribution in [2.24, 2.45) is 0 Å². The maximum atomic E-state index is 12.2. The molecule has 3 aromatic rings. The molecule has 0 radical (unpaired) electrons. The van der Waals surface area contributed by atoms with E-state index in [0.29, 0.717) is 5.89 Å². The van der Waals surface area contributed by atoms with E-state index in [9.17, 15) is 13.2 Å². The van der Waals surface area contributed by atoms with Gasteiger partial charge in [-0.05, 0) is 35.7 Å². The summed E-state index contributed by atoms with van der Waals surface area (Å²) in [5.74, 6) is -0.168. The number of rotatable bonds is 5. The molecule has 0 atom stereocenters. The molecule has 1 N–H and O–H groups in total. The van der Waals surface area contributed by atoms with E-state index in [2.05, 4.69) is 15.5 Å². The average molecular weight is 378 g/mol. The predicted octanol–water partition coefficient (Wildman–Crippen LogP) is 2.30. The number of amides is 1. The smallest absolute Gasteiger partial charge is 0.322 e. The molecule has 2 aromatic heterocycles. The van der Waals surface area contributed by atoms with Gasteiger partial charge in [0.1, 0.15) is 0 Å². The van der Waals surface area contributed by atoms with Crippen LogP contribution >= 0.6 is 11.3 Å². The lowest BCUT2D eigenvalue weighted by atomic mass is 10.2. The largest absolute Gasteiger partial charge is 0.403 e. The Labute approximate surface area is 148 Å². The molecule has 1 aromatic carbocycles. The second-order valence-electron chi connectivity index (χ2n) is 5.19. The van der Waals surface area contributed by atoms with Crippen LogP contribution in [0.1, 0.15) is 10.4 Å². The van der Waals surface area contributed by atoms with Crippen molar-refractivity contribution in [3.8, 4) is 11.5 Å². The fourth-order valence-electron chi connectivity index (χ4n) is 1.93. The summed E-state index contributed by atoms with van der Waals surface area (Å²) >= 11 is 1.49. The van der Waals surface area contributed by atoms with Crippen LogP contribution in [0.4, 0.5) is 6.01 Å². The van der Waals surface area contributed by atoms with Gasteiger partial charge in [-0.3, -0.25) is 10.1 Å². The quantitative estimate of drug-likeness (QED) is 0.730. The number of nitrogens with one attached hydrogen (secondary N) is 1. The number of sulfonamides is 1. The Bertz CT molecular complexity index is 977. The highest BCUT2D eigenvalue weighted by molar-refractivity contribution is 7.89. The standard InChI is InChI=1S/C15H14N4O4S2/c1-19(2)25(21,22)12-5-3-10(4-6-12)13(20)16-15-18-17-14(23-15)11-7-8-24-9-11/h3-9H,1-2H3,(H,16,18,20). The molecule has 1 amide bonds. The van der Waals surface area contributed by atoms with Gasteiger partial charge >= 0.3 is 6.01 Å². The lowest BCUT2D eigenvalue weighted by Crippen LogP contribution is -2.22. The number of aromatic nitrogens is 2.